The molecule has 202 valence electrons. The van der Waals surface area contributed by atoms with Crippen LogP contribution in [-0.2, 0) is 4.79 Å². The molecule has 1 fully saturated rings. The van der Waals surface area contributed by atoms with E-state index in [0.717, 1.165) is 31.9 Å². The number of nitrogens with two attached hydrogens (primary N) is 1. The van der Waals surface area contributed by atoms with Crippen molar-refractivity contribution in [2.45, 2.75) is 44.7 Å². The van der Waals surface area contributed by atoms with Crippen LogP contribution in [0.5, 0.6) is 0 Å². The van der Waals surface area contributed by atoms with Crippen molar-refractivity contribution in [1.29, 1.82) is 0 Å². The monoisotopic (exact) mass is 552 g/mol. The molecule has 4 aromatic heterocycles. The molecule has 39 heavy (non-hydrogen) atoms. The summed E-state index contributed by atoms with van der Waals surface area (Å²) in [5.74, 6) is -0.494. The summed E-state index contributed by atoms with van der Waals surface area (Å²) in [6.45, 7) is 1.37. The van der Waals surface area contributed by atoms with Crippen LogP contribution in [0.15, 0.2) is 42.9 Å². The van der Waals surface area contributed by atoms with Gasteiger partial charge in [-0.25, -0.2) is 18.9 Å². The predicted octanol–water partition coefficient (Wildman–Crippen LogP) is 3.95. The van der Waals surface area contributed by atoms with Crippen LogP contribution in [0.4, 0.5) is 33.2 Å². The smallest absolute Gasteiger partial charge is 0.276 e. The van der Waals surface area contributed by atoms with Gasteiger partial charge >= 0.3 is 0 Å². The topological polar surface area (TPSA) is 164 Å². The molecule has 4 heterocycles. The van der Waals surface area contributed by atoms with Crippen LogP contribution in [0.1, 0.15) is 43.1 Å². The van der Waals surface area contributed by atoms with Crippen LogP contribution in [0, 0.1) is 5.82 Å². The van der Waals surface area contributed by atoms with Crippen molar-refractivity contribution < 1.29 is 14.0 Å². The number of pyridine rings is 2. The molecule has 0 bridgehead atoms. The SMILES string of the molecule is CC(=O)Nc1cc(Cl)cc(Nc2cc(N[C@H]3CC[C@H](N)CC3)nn3c(C(=O)Nc4ccncc4F)cnc23)n1. The van der Waals surface area contributed by atoms with Crippen LogP contribution in [-0.4, -0.2) is 48.5 Å². The molecule has 14 heteroatoms. The number of carbonyl (C=O) groups excluding carboxylic acids is 2. The number of aromatic nitrogens is 5. The summed E-state index contributed by atoms with van der Waals surface area (Å²) in [5, 5.41) is 16.7. The van der Waals surface area contributed by atoms with E-state index in [1.54, 1.807) is 12.1 Å². The van der Waals surface area contributed by atoms with Gasteiger partial charge in [-0.15, -0.1) is 5.10 Å². The van der Waals surface area contributed by atoms with Gasteiger partial charge in [-0.1, -0.05) is 11.6 Å². The third-order valence-corrected chi connectivity index (χ3v) is 6.42. The highest BCUT2D eigenvalue weighted by Gasteiger charge is 2.22. The van der Waals surface area contributed by atoms with Crippen molar-refractivity contribution in [1.82, 2.24) is 24.6 Å². The number of anilines is 5. The Morgan fingerprint density at radius 3 is 2.56 bits per heavy atom. The molecule has 0 aliphatic heterocycles. The number of hydrogen-bond acceptors (Lipinski definition) is 9. The first-order valence-corrected chi connectivity index (χ1v) is 12.7. The standard InChI is InChI=1S/C25H26ClFN10O2/c1-13(38)31-21-8-14(26)9-22(35-21)33-19-10-23(32-16-4-2-15(28)3-5-16)36-37-20(12-30-24(19)37)25(39)34-18-6-7-29-11-17(18)27/h6-12,15-16H,2-5,28H2,1H3,(H,32,36)(H,29,34,39)(H2,31,33,35,38)/t15-,16-. The van der Waals surface area contributed by atoms with Crippen molar-refractivity contribution >= 4 is 57.9 Å². The summed E-state index contributed by atoms with van der Waals surface area (Å²) in [5.41, 5.74) is 6.90. The van der Waals surface area contributed by atoms with Crippen LogP contribution in [0.3, 0.4) is 0 Å². The predicted molar refractivity (Wildman–Crippen MR) is 146 cm³/mol. The largest absolute Gasteiger partial charge is 0.366 e. The minimum absolute atomic E-state index is 0.0234. The molecular formula is C25H26ClFN10O2. The molecule has 5 rings (SSSR count). The molecule has 2 amide bonds. The van der Waals surface area contributed by atoms with E-state index < -0.39 is 11.7 Å². The first-order chi connectivity index (χ1) is 18.7. The van der Waals surface area contributed by atoms with Gasteiger partial charge < -0.3 is 27.0 Å². The summed E-state index contributed by atoms with van der Waals surface area (Å²) in [4.78, 5) is 37.1. The van der Waals surface area contributed by atoms with Gasteiger partial charge in [0, 0.05) is 36.3 Å². The Morgan fingerprint density at radius 1 is 1.05 bits per heavy atom. The second-order valence-corrected chi connectivity index (χ2v) is 9.69. The Morgan fingerprint density at radius 2 is 1.82 bits per heavy atom. The quantitative estimate of drug-likeness (QED) is 0.228. The van der Waals surface area contributed by atoms with Crippen molar-refractivity contribution in [3.05, 3.63) is 59.4 Å². The maximum absolute atomic E-state index is 14.1. The van der Waals surface area contributed by atoms with Gasteiger partial charge in [0.2, 0.25) is 5.91 Å². The third kappa shape index (κ3) is 6.21. The van der Waals surface area contributed by atoms with Crippen molar-refractivity contribution in [2.24, 2.45) is 5.73 Å². The lowest BCUT2D eigenvalue weighted by Crippen LogP contribution is -2.33. The Hall–Kier alpha value is -4.36. The van der Waals surface area contributed by atoms with Crippen LogP contribution >= 0.6 is 11.6 Å². The van der Waals surface area contributed by atoms with Gasteiger partial charge in [0.15, 0.2) is 17.2 Å². The number of fused-ring (bicyclic) bond motifs is 1. The molecule has 6 N–H and O–H groups in total. The van der Waals surface area contributed by atoms with Gasteiger partial charge in [-0.2, -0.15) is 0 Å². The summed E-state index contributed by atoms with van der Waals surface area (Å²) < 4.78 is 15.5. The summed E-state index contributed by atoms with van der Waals surface area (Å²) >= 11 is 6.25. The summed E-state index contributed by atoms with van der Waals surface area (Å²) in [6.07, 6.45) is 7.25. The number of halogens is 2. The van der Waals surface area contributed by atoms with E-state index >= 15 is 0 Å². The minimum Gasteiger partial charge on any atom is -0.366 e. The Labute approximate surface area is 227 Å². The number of nitrogens with zero attached hydrogens (tertiary/aromatic N) is 5. The van der Waals surface area contributed by atoms with Gasteiger partial charge in [-0.05, 0) is 43.9 Å². The highest BCUT2D eigenvalue weighted by atomic mass is 35.5. The maximum Gasteiger partial charge on any atom is 0.276 e. The van der Waals surface area contributed by atoms with E-state index in [4.69, 9.17) is 17.3 Å². The molecular weight excluding hydrogens is 527 g/mol. The van der Waals surface area contributed by atoms with Gasteiger partial charge in [-0.3, -0.25) is 14.6 Å². The Balaban J connectivity index is 1.52. The highest BCUT2D eigenvalue weighted by Crippen LogP contribution is 2.28. The Bertz CT molecular complexity index is 1540. The molecule has 0 spiro atoms. The molecule has 0 saturated heterocycles. The molecule has 1 aliphatic carbocycles. The van der Waals surface area contributed by atoms with Crippen molar-refractivity contribution in [3.8, 4) is 0 Å². The molecule has 0 atom stereocenters. The lowest BCUT2D eigenvalue weighted by molar-refractivity contribution is -0.114. The molecule has 1 saturated carbocycles. The fourth-order valence-electron chi connectivity index (χ4n) is 4.37. The zero-order valence-corrected chi connectivity index (χ0v) is 21.7. The maximum atomic E-state index is 14.1. The van der Waals surface area contributed by atoms with E-state index in [-0.39, 0.29) is 35.2 Å². The van der Waals surface area contributed by atoms with E-state index in [9.17, 15) is 14.0 Å². The average Bonchev–Trinajstić information content (AvgIpc) is 3.30. The van der Waals surface area contributed by atoms with E-state index in [2.05, 4.69) is 41.3 Å². The molecule has 1 aliphatic rings. The van der Waals surface area contributed by atoms with Crippen molar-refractivity contribution in [2.75, 3.05) is 21.3 Å². The number of imidazole rings is 1. The number of hydrogen-bond donors (Lipinski definition) is 5. The normalized spacial score (nSPS) is 17.0. The number of nitrogens with one attached hydrogen (secondary N) is 4. The summed E-state index contributed by atoms with van der Waals surface area (Å²) in [6, 6.07) is 6.54. The zero-order valence-electron chi connectivity index (χ0n) is 20.9. The summed E-state index contributed by atoms with van der Waals surface area (Å²) in [7, 11) is 0. The van der Waals surface area contributed by atoms with Crippen LogP contribution in [0.25, 0.3) is 5.65 Å². The minimum atomic E-state index is -0.671. The fourth-order valence-corrected chi connectivity index (χ4v) is 4.57. The van der Waals surface area contributed by atoms with E-state index in [0.29, 0.717) is 28.0 Å². The lowest BCUT2D eigenvalue weighted by atomic mass is 9.92. The third-order valence-electron chi connectivity index (χ3n) is 6.20. The first-order valence-electron chi connectivity index (χ1n) is 12.3. The number of amides is 2. The van der Waals surface area contributed by atoms with Gasteiger partial charge in [0.25, 0.3) is 5.91 Å². The van der Waals surface area contributed by atoms with E-state index in [1.807, 2.05) is 0 Å². The molecule has 4 aromatic rings. The second-order valence-electron chi connectivity index (χ2n) is 9.25. The van der Waals surface area contributed by atoms with E-state index in [1.165, 1.54) is 36.0 Å². The molecule has 0 aromatic carbocycles. The van der Waals surface area contributed by atoms with Crippen molar-refractivity contribution in [3.63, 3.8) is 0 Å². The Kier molecular flexibility index (Phi) is 7.52. The lowest BCUT2D eigenvalue weighted by Gasteiger charge is -2.27. The highest BCUT2D eigenvalue weighted by molar-refractivity contribution is 6.31. The fraction of sp³-hybridized carbons (Fsp3) is 0.280. The number of carbonyl (C=O) groups is 2. The zero-order chi connectivity index (χ0) is 27.5. The average molecular weight is 553 g/mol. The van der Waals surface area contributed by atoms with Crippen LogP contribution < -0.4 is 27.0 Å². The molecule has 0 radical (unpaired) electrons. The van der Waals surface area contributed by atoms with Gasteiger partial charge in [0.05, 0.1) is 23.8 Å². The second kappa shape index (κ2) is 11.2. The van der Waals surface area contributed by atoms with Gasteiger partial charge in [0.1, 0.15) is 17.5 Å². The molecule has 12 nitrogen and oxygen atoms in total. The first kappa shape index (κ1) is 26.3. The molecule has 0 unspecified atom stereocenters. The number of rotatable bonds is 7. The van der Waals surface area contributed by atoms with Crippen LogP contribution in [0.2, 0.25) is 5.02 Å².